The maximum atomic E-state index is 5.71. The molecule has 0 radical (unpaired) electrons. The van der Waals surface area contributed by atoms with Crippen molar-refractivity contribution >= 4 is 11.6 Å². The number of halogens is 1. The van der Waals surface area contributed by atoms with E-state index in [1.807, 2.05) is 0 Å². The Morgan fingerprint density at radius 2 is 1.92 bits per heavy atom. The fourth-order valence-corrected chi connectivity index (χ4v) is 1.59. The molecule has 0 unspecified atom stereocenters. The van der Waals surface area contributed by atoms with E-state index in [-0.39, 0.29) is 0 Å². The molecule has 1 N–H and O–H groups in total. The lowest BCUT2D eigenvalue weighted by Gasteiger charge is -2.24. The lowest BCUT2D eigenvalue weighted by molar-refractivity contribution is 0.316. The first-order valence-corrected chi connectivity index (χ1v) is 5.43. The van der Waals surface area contributed by atoms with Gasteiger partial charge >= 0.3 is 0 Å². The zero-order valence-corrected chi connectivity index (χ0v) is 10.1. The third-order valence-electron chi connectivity index (χ3n) is 2.11. The summed E-state index contributed by atoms with van der Waals surface area (Å²) in [6.07, 6.45) is 1.07. The van der Waals surface area contributed by atoms with E-state index in [9.17, 15) is 0 Å². The molecule has 0 aliphatic rings. The Hall–Kier alpha value is 0.210. The highest BCUT2D eigenvalue weighted by Gasteiger charge is 2.15. The van der Waals surface area contributed by atoms with Gasteiger partial charge in [0.2, 0.25) is 0 Å². The lowest BCUT2D eigenvalue weighted by Crippen LogP contribution is -2.34. The monoisotopic (exact) mass is 206 g/mol. The molecule has 0 saturated carbocycles. The van der Waals surface area contributed by atoms with E-state index >= 15 is 0 Å². The zero-order chi connectivity index (χ0) is 10.3. The Labute approximate surface area is 87.6 Å². The number of nitrogens with one attached hydrogen (secondary N) is 1. The molecule has 0 amide bonds. The second-order valence-corrected chi connectivity index (χ2v) is 4.96. The molecule has 0 aromatic rings. The van der Waals surface area contributed by atoms with E-state index in [1.54, 1.807) is 0 Å². The van der Waals surface area contributed by atoms with Gasteiger partial charge in [-0.2, -0.15) is 0 Å². The maximum Gasteiger partial charge on any atom is 0.0229 e. The van der Waals surface area contributed by atoms with E-state index in [0.29, 0.717) is 5.41 Å². The SMILES string of the molecule is CN(C)CCNCC(C)(C)CCCl. The van der Waals surface area contributed by atoms with Gasteiger partial charge in [-0.25, -0.2) is 0 Å². The van der Waals surface area contributed by atoms with Gasteiger partial charge in [0.1, 0.15) is 0 Å². The second kappa shape index (κ2) is 6.63. The predicted octanol–water partition coefficient (Wildman–Crippen LogP) is 1.79. The van der Waals surface area contributed by atoms with E-state index in [1.165, 1.54) is 0 Å². The zero-order valence-electron chi connectivity index (χ0n) is 9.36. The van der Waals surface area contributed by atoms with Crippen molar-refractivity contribution in [3.63, 3.8) is 0 Å². The molecule has 0 rings (SSSR count). The Balaban J connectivity index is 3.40. The number of alkyl halides is 1. The van der Waals surface area contributed by atoms with Crippen LogP contribution in [0.5, 0.6) is 0 Å². The molecule has 80 valence electrons. The molecule has 0 saturated heterocycles. The summed E-state index contributed by atoms with van der Waals surface area (Å²) < 4.78 is 0. The van der Waals surface area contributed by atoms with Crippen molar-refractivity contribution < 1.29 is 0 Å². The van der Waals surface area contributed by atoms with Crippen LogP contribution in [-0.4, -0.2) is 44.5 Å². The van der Waals surface area contributed by atoms with Crippen molar-refractivity contribution in [3.8, 4) is 0 Å². The van der Waals surface area contributed by atoms with Gasteiger partial charge in [-0.05, 0) is 25.9 Å². The van der Waals surface area contributed by atoms with Gasteiger partial charge in [0.05, 0.1) is 0 Å². The molecule has 2 nitrogen and oxygen atoms in total. The van der Waals surface area contributed by atoms with Crippen LogP contribution in [0.1, 0.15) is 20.3 Å². The van der Waals surface area contributed by atoms with E-state index in [0.717, 1.165) is 31.9 Å². The number of nitrogens with zero attached hydrogens (tertiary/aromatic N) is 1. The molecule has 0 aliphatic carbocycles. The largest absolute Gasteiger partial charge is 0.315 e. The van der Waals surface area contributed by atoms with Gasteiger partial charge in [0.25, 0.3) is 0 Å². The summed E-state index contributed by atoms with van der Waals surface area (Å²) in [4.78, 5) is 2.18. The van der Waals surface area contributed by atoms with Crippen LogP contribution in [0.15, 0.2) is 0 Å². The summed E-state index contributed by atoms with van der Waals surface area (Å²) in [7, 11) is 4.18. The quantitative estimate of drug-likeness (QED) is 0.505. The summed E-state index contributed by atoms with van der Waals surface area (Å²) in [5, 5.41) is 3.44. The fraction of sp³-hybridized carbons (Fsp3) is 1.00. The topological polar surface area (TPSA) is 15.3 Å². The van der Waals surface area contributed by atoms with Crippen LogP contribution in [0.25, 0.3) is 0 Å². The molecule has 0 fully saturated rings. The first-order valence-electron chi connectivity index (χ1n) is 4.89. The summed E-state index contributed by atoms with van der Waals surface area (Å²) in [6, 6.07) is 0. The highest BCUT2D eigenvalue weighted by Crippen LogP contribution is 2.19. The van der Waals surface area contributed by atoms with Gasteiger partial charge in [0, 0.05) is 25.5 Å². The molecule has 0 aromatic heterocycles. The van der Waals surface area contributed by atoms with Crippen LogP contribution in [0.2, 0.25) is 0 Å². The van der Waals surface area contributed by atoms with E-state index in [2.05, 4.69) is 38.2 Å². The number of hydrogen-bond donors (Lipinski definition) is 1. The molecule has 0 atom stereocenters. The molecule has 0 spiro atoms. The minimum atomic E-state index is 0.327. The molecule has 13 heavy (non-hydrogen) atoms. The van der Waals surface area contributed by atoms with Gasteiger partial charge in [-0.15, -0.1) is 11.6 Å². The molecule has 0 aliphatic heterocycles. The van der Waals surface area contributed by atoms with Gasteiger partial charge in [-0.3, -0.25) is 0 Å². The first kappa shape index (κ1) is 13.2. The van der Waals surface area contributed by atoms with Crippen LogP contribution in [0.4, 0.5) is 0 Å². The maximum absolute atomic E-state index is 5.71. The van der Waals surface area contributed by atoms with Crippen LogP contribution in [0, 0.1) is 5.41 Å². The molecular weight excluding hydrogens is 184 g/mol. The normalized spacial score (nSPS) is 12.5. The van der Waals surface area contributed by atoms with Crippen LogP contribution in [-0.2, 0) is 0 Å². The summed E-state index contributed by atoms with van der Waals surface area (Å²) in [6.45, 7) is 7.69. The van der Waals surface area contributed by atoms with Crippen molar-refractivity contribution in [1.82, 2.24) is 10.2 Å². The Bertz CT molecular complexity index is 124. The molecule has 0 bridgehead atoms. The smallest absolute Gasteiger partial charge is 0.0229 e. The van der Waals surface area contributed by atoms with E-state index in [4.69, 9.17) is 11.6 Å². The van der Waals surface area contributed by atoms with Crippen molar-refractivity contribution in [2.75, 3.05) is 39.6 Å². The second-order valence-electron chi connectivity index (χ2n) is 4.58. The third kappa shape index (κ3) is 8.54. The molecular formula is C10H23ClN2. The van der Waals surface area contributed by atoms with Crippen molar-refractivity contribution in [2.45, 2.75) is 20.3 Å². The summed E-state index contributed by atoms with van der Waals surface area (Å²) in [5.41, 5.74) is 0.327. The molecule has 0 aromatic carbocycles. The van der Waals surface area contributed by atoms with E-state index < -0.39 is 0 Å². The Kier molecular flexibility index (Phi) is 6.74. The minimum Gasteiger partial charge on any atom is -0.315 e. The molecule has 3 heteroatoms. The first-order chi connectivity index (χ1) is 5.98. The van der Waals surface area contributed by atoms with Crippen LogP contribution in [0.3, 0.4) is 0 Å². The summed E-state index contributed by atoms with van der Waals surface area (Å²) >= 11 is 5.71. The van der Waals surface area contributed by atoms with Crippen LogP contribution < -0.4 is 5.32 Å². The summed E-state index contributed by atoms with van der Waals surface area (Å²) in [5.74, 6) is 0.752. The average molecular weight is 207 g/mol. The Morgan fingerprint density at radius 1 is 1.31 bits per heavy atom. The van der Waals surface area contributed by atoms with Crippen molar-refractivity contribution in [1.29, 1.82) is 0 Å². The highest BCUT2D eigenvalue weighted by atomic mass is 35.5. The van der Waals surface area contributed by atoms with Gasteiger partial charge < -0.3 is 10.2 Å². The average Bonchev–Trinajstić information content (AvgIpc) is 1.98. The van der Waals surface area contributed by atoms with Crippen LogP contribution >= 0.6 is 11.6 Å². The molecule has 0 heterocycles. The van der Waals surface area contributed by atoms with Crippen molar-refractivity contribution in [3.05, 3.63) is 0 Å². The lowest BCUT2D eigenvalue weighted by atomic mass is 9.90. The highest BCUT2D eigenvalue weighted by molar-refractivity contribution is 6.17. The van der Waals surface area contributed by atoms with Gasteiger partial charge in [-0.1, -0.05) is 13.8 Å². The minimum absolute atomic E-state index is 0.327. The van der Waals surface area contributed by atoms with Gasteiger partial charge in [0.15, 0.2) is 0 Å². The fourth-order valence-electron chi connectivity index (χ4n) is 1.07. The predicted molar refractivity (Wildman–Crippen MR) is 60.5 cm³/mol. The Morgan fingerprint density at radius 3 is 2.38 bits per heavy atom. The number of likely N-dealkylation sites (N-methyl/N-ethyl adjacent to an activating group) is 1. The van der Waals surface area contributed by atoms with Crippen molar-refractivity contribution in [2.24, 2.45) is 5.41 Å². The third-order valence-corrected chi connectivity index (χ3v) is 2.30. The number of hydrogen-bond acceptors (Lipinski definition) is 2. The standard InChI is InChI=1S/C10H23ClN2/c1-10(2,5-6-11)9-12-7-8-13(3)4/h12H,5-9H2,1-4H3. The number of rotatable bonds is 7.